The predicted molar refractivity (Wildman–Crippen MR) is 62.0 cm³/mol. The smallest absolute Gasteiger partial charge is 0.234 e. The Balaban J connectivity index is 1.59. The van der Waals surface area contributed by atoms with Crippen LogP contribution in [0.25, 0.3) is 0 Å². The second kappa shape index (κ2) is 4.72. The summed E-state index contributed by atoms with van der Waals surface area (Å²) in [6, 6.07) is 0. The first kappa shape index (κ1) is 11.9. The van der Waals surface area contributed by atoms with Gasteiger partial charge in [0.2, 0.25) is 5.91 Å². The molecule has 0 bridgehead atoms. The summed E-state index contributed by atoms with van der Waals surface area (Å²) in [5.74, 6) is 0.596. The van der Waals surface area contributed by atoms with Gasteiger partial charge in [0.1, 0.15) is 0 Å². The van der Waals surface area contributed by atoms with E-state index in [1.54, 1.807) is 0 Å². The molecule has 0 aromatic heterocycles. The van der Waals surface area contributed by atoms with E-state index in [1.165, 1.54) is 0 Å². The van der Waals surface area contributed by atoms with Crippen LogP contribution in [0.4, 0.5) is 0 Å². The molecule has 1 aliphatic carbocycles. The molecule has 1 saturated carbocycles. The van der Waals surface area contributed by atoms with Crippen molar-refractivity contribution in [1.29, 1.82) is 0 Å². The number of amides is 1. The Morgan fingerprint density at radius 3 is 2.75 bits per heavy atom. The van der Waals surface area contributed by atoms with Crippen molar-refractivity contribution >= 4 is 5.91 Å². The van der Waals surface area contributed by atoms with Gasteiger partial charge < -0.3 is 10.4 Å². The van der Waals surface area contributed by atoms with Crippen molar-refractivity contribution in [3.63, 3.8) is 0 Å². The third-order valence-electron chi connectivity index (χ3n) is 3.55. The highest BCUT2D eigenvalue weighted by molar-refractivity contribution is 5.78. The third-order valence-corrected chi connectivity index (χ3v) is 3.55. The van der Waals surface area contributed by atoms with Gasteiger partial charge in [-0.2, -0.15) is 0 Å². The third kappa shape index (κ3) is 2.74. The lowest BCUT2D eigenvalue weighted by Crippen LogP contribution is -2.64. The van der Waals surface area contributed by atoms with Gasteiger partial charge in [0.15, 0.2) is 0 Å². The normalized spacial score (nSPS) is 23.9. The van der Waals surface area contributed by atoms with Gasteiger partial charge in [-0.1, -0.05) is 13.3 Å². The SMILES string of the molecule is CCCCNC(=O)CN1CC(O)(C2CC2)C1. The van der Waals surface area contributed by atoms with E-state index in [0.717, 1.165) is 32.2 Å². The summed E-state index contributed by atoms with van der Waals surface area (Å²) < 4.78 is 0. The Morgan fingerprint density at radius 2 is 2.19 bits per heavy atom. The lowest BCUT2D eigenvalue weighted by Gasteiger charge is -2.46. The zero-order chi connectivity index (χ0) is 11.6. The monoisotopic (exact) mass is 226 g/mol. The number of hydrogen-bond donors (Lipinski definition) is 2. The van der Waals surface area contributed by atoms with Crippen LogP contribution in [-0.2, 0) is 4.79 Å². The Kier molecular flexibility index (Phi) is 3.50. The number of hydrogen-bond acceptors (Lipinski definition) is 3. The molecule has 16 heavy (non-hydrogen) atoms. The Labute approximate surface area is 97.0 Å². The van der Waals surface area contributed by atoms with Crippen LogP contribution in [0.5, 0.6) is 0 Å². The van der Waals surface area contributed by atoms with Gasteiger partial charge in [0, 0.05) is 19.6 Å². The Hall–Kier alpha value is -0.610. The number of nitrogens with zero attached hydrogens (tertiary/aromatic N) is 1. The molecule has 1 saturated heterocycles. The van der Waals surface area contributed by atoms with Crippen LogP contribution >= 0.6 is 0 Å². The van der Waals surface area contributed by atoms with Gasteiger partial charge in [-0.15, -0.1) is 0 Å². The van der Waals surface area contributed by atoms with Crippen molar-refractivity contribution in [3.05, 3.63) is 0 Å². The predicted octanol–water partition coefficient (Wildman–Crippen LogP) is 0.359. The number of aliphatic hydroxyl groups is 1. The topological polar surface area (TPSA) is 52.6 Å². The molecule has 0 spiro atoms. The standard InChI is InChI=1S/C12H22N2O2/c1-2-3-6-13-11(15)7-14-8-12(16,9-14)10-4-5-10/h10,16H,2-9H2,1H3,(H,13,15). The van der Waals surface area contributed by atoms with Gasteiger partial charge in [0.25, 0.3) is 0 Å². The first-order valence-corrected chi connectivity index (χ1v) is 6.35. The summed E-state index contributed by atoms with van der Waals surface area (Å²) in [7, 11) is 0. The van der Waals surface area contributed by atoms with Crippen LogP contribution in [0.2, 0.25) is 0 Å². The first-order chi connectivity index (χ1) is 7.64. The van der Waals surface area contributed by atoms with E-state index < -0.39 is 5.60 Å². The van der Waals surface area contributed by atoms with Crippen molar-refractivity contribution in [2.24, 2.45) is 5.92 Å². The lowest BCUT2D eigenvalue weighted by molar-refractivity contribution is -0.136. The second-order valence-electron chi connectivity index (χ2n) is 5.23. The number of rotatable bonds is 6. The summed E-state index contributed by atoms with van der Waals surface area (Å²) in [4.78, 5) is 13.5. The highest BCUT2D eigenvalue weighted by atomic mass is 16.3. The largest absolute Gasteiger partial charge is 0.387 e. The minimum atomic E-state index is -0.469. The fourth-order valence-electron chi connectivity index (χ4n) is 2.38. The number of β-amino-alcohol motifs (C(OH)–C–C–N with tert-alkyl or cyclic N) is 1. The van der Waals surface area contributed by atoms with Gasteiger partial charge in [-0.05, 0) is 25.2 Å². The number of carbonyl (C=O) groups is 1. The zero-order valence-corrected chi connectivity index (χ0v) is 10.0. The molecule has 2 N–H and O–H groups in total. The molecular formula is C12H22N2O2. The van der Waals surface area contributed by atoms with E-state index in [-0.39, 0.29) is 5.91 Å². The molecule has 0 atom stereocenters. The van der Waals surface area contributed by atoms with Gasteiger partial charge in [-0.3, -0.25) is 9.69 Å². The molecule has 0 aromatic carbocycles. The van der Waals surface area contributed by atoms with E-state index in [2.05, 4.69) is 12.2 Å². The van der Waals surface area contributed by atoms with Crippen LogP contribution in [0.3, 0.4) is 0 Å². The molecule has 4 nitrogen and oxygen atoms in total. The quantitative estimate of drug-likeness (QED) is 0.643. The van der Waals surface area contributed by atoms with Crippen LogP contribution in [-0.4, -0.2) is 47.7 Å². The molecule has 2 fully saturated rings. The van der Waals surface area contributed by atoms with Crippen LogP contribution in [0, 0.1) is 5.92 Å². The first-order valence-electron chi connectivity index (χ1n) is 6.35. The van der Waals surface area contributed by atoms with E-state index in [9.17, 15) is 9.90 Å². The minimum absolute atomic E-state index is 0.0892. The van der Waals surface area contributed by atoms with Crippen molar-refractivity contribution in [2.45, 2.75) is 38.2 Å². The molecular weight excluding hydrogens is 204 g/mol. The summed E-state index contributed by atoms with van der Waals surface area (Å²) >= 11 is 0. The summed E-state index contributed by atoms with van der Waals surface area (Å²) in [5, 5.41) is 13.0. The van der Waals surface area contributed by atoms with E-state index in [1.807, 2.05) is 4.90 Å². The molecule has 92 valence electrons. The Morgan fingerprint density at radius 1 is 1.50 bits per heavy atom. The average Bonchev–Trinajstić information content (AvgIpc) is 2.98. The fourth-order valence-corrected chi connectivity index (χ4v) is 2.38. The molecule has 1 amide bonds. The molecule has 2 rings (SSSR count). The van der Waals surface area contributed by atoms with Gasteiger partial charge in [-0.25, -0.2) is 0 Å². The van der Waals surface area contributed by atoms with Crippen molar-refractivity contribution in [3.8, 4) is 0 Å². The number of nitrogens with one attached hydrogen (secondary N) is 1. The maximum absolute atomic E-state index is 11.5. The summed E-state index contributed by atoms with van der Waals surface area (Å²) in [5.41, 5.74) is -0.469. The van der Waals surface area contributed by atoms with E-state index in [0.29, 0.717) is 25.6 Å². The van der Waals surface area contributed by atoms with E-state index >= 15 is 0 Å². The lowest BCUT2D eigenvalue weighted by atomic mass is 9.89. The minimum Gasteiger partial charge on any atom is -0.387 e. The molecule has 0 radical (unpaired) electrons. The maximum Gasteiger partial charge on any atom is 0.234 e. The van der Waals surface area contributed by atoms with Gasteiger partial charge >= 0.3 is 0 Å². The zero-order valence-electron chi connectivity index (χ0n) is 10.0. The highest BCUT2D eigenvalue weighted by Gasteiger charge is 2.51. The second-order valence-corrected chi connectivity index (χ2v) is 5.23. The van der Waals surface area contributed by atoms with Gasteiger partial charge in [0.05, 0.1) is 12.1 Å². The fraction of sp³-hybridized carbons (Fsp3) is 0.917. The molecule has 0 aromatic rings. The number of carbonyl (C=O) groups excluding carboxylic acids is 1. The molecule has 2 aliphatic rings. The molecule has 0 unspecified atom stereocenters. The van der Waals surface area contributed by atoms with Crippen LogP contribution in [0.15, 0.2) is 0 Å². The van der Waals surface area contributed by atoms with Crippen LogP contribution < -0.4 is 5.32 Å². The van der Waals surface area contributed by atoms with Crippen molar-refractivity contribution < 1.29 is 9.90 Å². The molecule has 4 heteroatoms. The van der Waals surface area contributed by atoms with Crippen molar-refractivity contribution in [2.75, 3.05) is 26.2 Å². The average molecular weight is 226 g/mol. The number of likely N-dealkylation sites (tertiary alicyclic amines) is 1. The summed E-state index contributed by atoms with van der Waals surface area (Å²) in [6.07, 6.45) is 4.46. The molecule has 1 aliphatic heterocycles. The molecule has 1 heterocycles. The summed E-state index contributed by atoms with van der Waals surface area (Å²) in [6.45, 7) is 4.68. The Bertz CT molecular complexity index is 258. The van der Waals surface area contributed by atoms with Crippen molar-refractivity contribution in [1.82, 2.24) is 10.2 Å². The van der Waals surface area contributed by atoms with E-state index in [4.69, 9.17) is 0 Å². The van der Waals surface area contributed by atoms with Crippen LogP contribution in [0.1, 0.15) is 32.6 Å². The highest BCUT2D eigenvalue weighted by Crippen LogP contribution is 2.44. The number of unbranched alkanes of at least 4 members (excludes halogenated alkanes) is 1. The maximum atomic E-state index is 11.5.